The van der Waals surface area contributed by atoms with Crippen LogP contribution in [0.25, 0.3) is 10.9 Å². The summed E-state index contributed by atoms with van der Waals surface area (Å²) >= 11 is 6.40. The quantitative estimate of drug-likeness (QED) is 0.561. The van der Waals surface area contributed by atoms with Crippen LogP contribution < -0.4 is 4.74 Å². The van der Waals surface area contributed by atoms with E-state index in [1.54, 1.807) is 6.20 Å². The molecule has 0 atom stereocenters. The van der Waals surface area contributed by atoms with Gasteiger partial charge >= 0.3 is 0 Å². The lowest BCUT2D eigenvalue weighted by atomic mass is 10.2. The molecule has 0 N–H and O–H groups in total. The van der Waals surface area contributed by atoms with Gasteiger partial charge in [-0.3, -0.25) is 4.79 Å². The number of ether oxygens (including phenoxy) is 1. The fourth-order valence-corrected chi connectivity index (χ4v) is 4.05. The van der Waals surface area contributed by atoms with E-state index >= 15 is 0 Å². The standard InChI is InChI=1S/C22H24ClN3O2.ClH/c1-15-16(2)26(14-17-6-3-4-7-19(17)23)21-18(15)9-10-24-22(21)28-13-12-25-11-5-8-20(25)27;/h3-4,6-7,9-10H,5,8,11-14H2,1-2H3;1H. The van der Waals surface area contributed by atoms with Crippen LogP contribution in [0.4, 0.5) is 0 Å². The largest absolute Gasteiger partial charge is 0.474 e. The van der Waals surface area contributed by atoms with Crippen molar-refractivity contribution in [1.29, 1.82) is 0 Å². The number of nitrogens with zero attached hydrogens (tertiary/aromatic N) is 3. The summed E-state index contributed by atoms with van der Waals surface area (Å²) < 4.78 is 8.27. The number of hydrogen-bond acceptors (Lipinski definition) is 3. The van der Waals surface area contributed by atoms with Crippen molar-refractivity contribution in [3.05, 3.63) is 58.4 Å². The molecule has 1 saturated heterocycles. The van der Waals surface area contributed by atoms with Gasteiger partial charge in [0.05, 0.1) is 6.54 Å². The number of aryl methyl sites for hydroxylation is 1. The highest BCUT2D eigenvalue weighted by Gasteiger charge is 2.21. The molecule has 1 amide bonds. The SMILES string of the molecule is Cc1c(C)n(Cc2ccccc2Cl)c2c(OCCN3CCCC3=O)nccc12.Cl. The van der Waals surface area contributed by atoms with E-state index in [-0.39, 0.29) is 18.3 Å². The Morgan fingerprint density at radius 1 is 1.21 bits per heavy atom. The van der Waals surface area contributed by atoms with Crippen molar-refractivity contribution in [2.75, 3.05) is 19.7 Å². The summed E-state index contributed by atoms with van der Waals surface area (Å²) in [6.45, 7) is 6.74. The summed E-state index contributed by atoms with van der Waals surface area (Å²) in [4.78, 5) is 18.2. The van der Waals surface area contributed by atoms with Gasteiger partial charge in [0.25, 0.3) is 0 Å². The van der Waals surface area contributed by atoms with E-state index in [1.807, 2.05) is 35.2 Å². The minimum atomic E-state index is 0. The number of amides is 1. The maximum atomic E-state index is 11.8. The van der Waals surface area contributed by atoms with Crippen LogP contribution in [0.2, 0.25) is 5.02 Å². The molecule has 1 fully saturated rings. The van der Waals surface area contributed by atoms with Gasteiger partial charge in [0.1, 0.15) is 12.1 Å². The zero-order chi connectivity index (χ0) is 19.7. The lowest BCUT2D eigenvalue weighted by molar-refractivity contribution is -0.128. The summed E-state index contributed by atoms with van der Waals surface area (Å²) in [7, 11) is 0. The molecule has 3 aromatic rings. The number of rotatable bonds is 6. The van der Waals surface area contributed by atoms with Gasteiger partial charge in [0.15, 0.2) is 0 Å². The smallest absolute Gasteiger partial charge is 0.238 e. The first kappa shape index (κ1) is 21.5. The zero-order valence-corrected chi connectivity index (χ0v) is 18.2. The predicted molar refractivity (Wildman–Crippen MR) is 118 cm³/mol. The Morgan fingerprint density at radius 3 is 2.72 bits per heavy atom. The average Bonchev–Trinajstić information content (AvgIpc) is 3.21. The third-order valence-corrected chi connectivity index (χ3v) is 5.94. The molecule has 5 nitrogen and oxygen atoms in total. The Kier molecular flexibility index (Phi) is 6.70. The molecule has 1 aliphatic heterocycles. The Morgan fingerprint density at radius 2 is 2.00 bits per heavy atom. The van der Waals surface area contributed by atoms with Crippen molar-refractivity contribution >= 4 is 40.8 Å². The van der Waals surface area contributed by atoms with Crippen LogP contribution in [0, 0.1) is 13.8 Å². The van der Waals surface area contributed by atoms with Gasteiger partial charge in [-0.25, -0.2) is 4.98 Å². The molecule has 29 heavy (non-hydrogen) atoms. The normalized spacial score (nSPS) is 13.8. The van der Waals surface area contributed by atoms with E-state index in [4.69, 9.17) is 16.3 Å². The first-order valence-electron chi connectivity index (χ1n) is 9.64. The van der Waals surface area contributed by atoms with E-state index in [1.165, 1.54) is 11.3 Å². The first-order chi connectivity index (χ1) is 13.6. The van der Waals surface area contributed by atoms with Crippen LogP contribution in [0.15, 0.2) is 36.5 Å². The lowest BCUT2D eigenvalue weighted by Gasteiger charge is -2.16. The molecular formula is C22H25Cl2N3O2. The number of hydrogen-bond donors (Lipinski definition) is 0. The predicted octanol–water partition coefficient (Wildman–Crippen LogP) is 4.78. The number of carbonyl (C=O) groups is 1. The molecule has 0 radical (unpaired) electrons. The lowest BCUT2D eigenvalue weighted by Crippen LogP contribution is -2.29. The number of halogens is 2. The monoisotopic (exact) mass is 433 g/mol. The van der Waals surface area contributed by atoms with Gasteiger partial charge in [-0.1, -0.05) is 29.8 Å². The fraction of sp³-hybridized carbons (Fsp3) is 0.364. The van der Waals surface area contributed by atoms with E-state index < -0.39 is 0 Å². The molecule has 3 heterocycles. The van der Waals surface area contributed by atoms with Gasteiger partial charge in [-0.15, -0.1) is 12.4 Å². The topological polar surface area (TPSA) is 47.4 Å². The van der Waals surface area contributed by atoms with Crippen molar-refractivity contribution in [3.63, 3.8) is 0 Å². The third-order valence-electron chi connectivity index (χ3n) is 5.57. The molecular weight excluding hydrogens is 409 g/mol. The zero-order valence-electron chi connectivity index (χ0n) is 16.7. The Balaban J connectivity index is 0.00000240. The van der Waals surface area contributed by atoms with Crippen LogP contribution in [0.3, 0.4) is 0 Å². The highest BCUT2D eigenvalue weighted by molar-refractivity contribution is 6.31. The second kappa shape index (κ2) is 9.06. The summed E-state index contributed by atoms with van der Waals surface area (Å²) in [5.41, 5.74) is 4.42. The van der Waals surface area contributed by atoms with Gasteiger partial charge in [0, 0.05) is 41.8 Å². The second-order valence-corrected chi connectivity index (χ2v) is 7.64. The third kappa shape index (κ3) is 4.21. The minimum Gasteiger partial charge on any atom is -0.474 e. The van der Waals surface area contributed by atoms with Crippen molar-refractivity contribution in [3.8, 4) is 5.88 Å². The molecule has 0 unspecified atom stereocenters. The number of carbonyl (C=O) groups excluding carboxylic acids is 1. The molecule has 2 aromatic heterocycles. The maximum Gasteiger partial charge on any atom is 0.238 e. The molecule has 4 rings (SSSR count). The van der Waals surface area contributed by atoms with Crippen LogP contribution in [-0.4, -0.2) is 40.1 Å². The van der Waals surface area contributed by atoms with E-state index in [9.17, 15) is 4.79 Å². The van der Waals surface area contributed by atoms with Crippen molar-refractivity contribution in [2.45, 2.75) is 33.2 Å². The molecule has 0 saturated carbocycles. The van der Waals surface area contributed by atoms with Crippen LogP contribution in [0.1, 0.15) is 29.7 Å². The summed E-state index contributed by atoms with van der Waals surface area (Å²) in [5.74, 6) is 0.816. The fourth-order valence-electron chi connectivity index (χ4n) is 3.86. The highest BCUT2D eigenvalue weighted by Crippen LogP contribution is 2.32. The van der Waals surface area contributed by atoms with Gasteiger partial charge in [-0.05, 0) is 43.5 Å². The minimum absolute atomic E-state index is 0. The molecule has 1 aromatic carbocycles. The Labute approximate surface area is 182 Å². The second-order valence-electron chi connectivity index (χ2n) is 7.23. The van der Waals surface area contributed by atoms with Gasteiger partial charge < -0.3 is 14.2 Å². The van der Waals surface area contributed by atoms with Crippen molar-refractivity contribution in [2.24, 2.45) is 0 Å². The summed E-state index contributed by atoms with van der Waals surface area (Å²) in [6.07, 6.45) is 3.36. The molecule has 1 aliphatic rings. The summed E-state index contributed by atoms with van der Waals surface area (Å²) in [6, 6.07) is 9.91. The molecule has 0 aliphatic carbocycles. The van der Waals surface area contributed by atoms with Crippen LogP contribution >= 0.6 is 24.0 Å². The van der Waals surface area contributed by atoms with Gasteiger partial charge in [0.2, 0.25) is 11.8 Å². The van der Waals surface area contributed by atoms with Crippen molar-refractivity contribution in [1.82, 2.24) is 14.5 Å². The molecule has 154 valence electrons. The molecule has 0 spiro atoms. The Bertz CT molecular complexity index is 1030. The van der Waals surface area contributed by atoms with E-state index in [0.29, 0.717) is 32.0 Å². The highest BCUT2D eigenvalue weighted by atomic mass is 35.5. The van der Waals surface area contributed by atoms with Gasteiger partial charge in [-0.2, -0.15) is 0 Å². The number of likely N-dealkylation sites (tertiary alicyclic amines) is 1. The average molecular weight is 434 g/mol. The molecule has 0 bridgehead atoms. The molecule has 7 heteroatoms. The number of pyridine rings is 1. The number of benzene rings is 1. The van der Waals surface area contributed by atoms with E-state index in [2.05, 4.69) is 23.4 Å². The first-order valence-corrected chi connectivity index (χ1v) is 10.0. The van der Waals surface area contributed by atoms with Crippen molar-refractivity contribution < 1.29 is 9.53 Å². The van der Waals surface area contributed by atoms with E-state index in [0.717, 1.165) is 34.5 Å². The van der Waals surface area contributed by atoms with Crippen LogP contribution in [0.5, 0.6) is 5.88 Å². The number of aromatic nitrogens is 2. The maximum absolute atomic E-state index is 11.8. The Hall–Kier alpha value is -2.24. The number of fused-ring (bicyclic) bond motifs is 1. The summed E-state index contributed by atoms with van der Waals surface area (Å²) in [5, 5.41) is 1.88. The van der Waals surface area contributed by atoms with Crippen LogP contribution in [-0.2, 0) is 11.3 Å².